The van der Waals surface area contributed by atoms with Crippen LogP contribution in [0.2, 0.25) is 5.02 Å². The molecule has 0 saturated heterocycles. The fraction of sp³-hybridized carbons (Fsp3) is 0.200. The normalized spacial score (nSPS) is 10.5. The maximum Gasteiger partial charge on any atom is 0.319 e. The molecule has 3 rings (SSSR count). The van der Waals surface area contributed by atoms with Gasteiger partial charge < -0.3 is 10.6 Å². The monoisotopic (exact) mass is 368 g/mol. The molecule has 2 aromatic carbocycles. The van der Waals surface area contributed by atoms with Crippen molar-refractivity contribution in [2.75, 3.05) is 11.9 Å². The number of aryl methyl sites for hydroxylation is 2. The van der Waals surface area contributed by atoms with E-state index in [1.165, 1.54) is 5.56 Å². The lowest BCUT2D eigenvalue weighted by molar-refractivity contribution is 0.252. The largest absolute Gasteiger partial charge is 0.338 e. The van der Waals surface area contributed by atoms with Crippen molar-refractivity contribution in [3.05, 3.63) is 77.1 Å². The Hall–Kier alpha value is -2.79. The Morgan fingerprint density at radius 2 is 1.85 bits per heavy atom. The van der Waals surface area contributed by atoms with E-state index in [1.54, 1.807) is 12.1 Å². The van der Waals surface area contributed by atoms with Gasteiger partial charge in [-0.05, 0) is 49.6 Å². The fourth-order valence-corrected chi connectivity index (χ4v) is 2.85. The van der Waals surface area contributed by atoms with E-state index in [4.69, 9.17) is 11.6 Å². The van der Waals surface area contributed by atoms with E-state index >= 15 is 0 Å². The molecule has 0 radical (unpaired) electrons. The summed E-state index contributed by atoms with van der Waals surface area (Å²) in [4.78, 5) is 11.9. The third-order valence-electron chi connectivity index (χ3n) is 4.05. The van der Waals surface area contributed by atoms with Gasteiger partial charge in [-0.2, -0.15) is 5.10 Å². The number of carbonyl (C=O) groups is 1. The lowest BCUT2D eigenvalue weighted by atomic mass is 10.1. The highest BCUT2D eigenvalue weighted by Gasteiger charge is 2.07. The fourth-order valence-electron chi connectivity index (χ4n) is 2.66. The second-order valence-corrected chi connectivity index (χ2v) is 6.39. The molecule has 0 bridgehead atoms. The summed E-state index contributed by atoms with van der Waals surface area (Å²) in [6.45, 7) is 2.58. The van der Waals surface area contributed by atoms with Gasteiger partial charge in [-0.15, -0.1) is 0 Å². The number of hydrogen-bond acceptors (Lipinski definition) is 2. The number of anilines is 1. The molecule has 134 valence electrons. The van der Waals surface area contributed by atoms with E-state index < -0.39 is 0 Å². The van der Waals surface area contributed by atoms with Crippen LogP contribution in [0.3, 0.4) is 0 Å². The van der Waals surface area contributed by atoms with Crippen LogP contribution in [0.15, 0.2) is 60.8 Å². The van der Waals surface area contributed by atoms with Crippen molar-refractivity contribution in [3.8, 4) is 5.69 Å². The molecule has 2 N–H and O–H groups in total. The van der Waals surface area contributed by atoms with Crippen molar-refractivity contribution in [2.45, 2.75) is 19.8 Å². The number of para-hydroxylation sites is 2. The van der Waals surface area contributed by atoms with Gasteiger partial charge in [0, 0.05) is 12.7 Å². The quantitative estimate of drug-likeness (QED) is 0.625. The van der Waals surface area contributed by atoms with Gasteiger partial charge in [0.25, 0.3) is 0 Å². The zero-order valence-corrected chi connectivity index (χ0v) is 15.3. The maximum atomic E-state index is 11.9. The van der Waals surface area contributed by atoms with Gasteiger partial charge in [-0.25, -0.2) is 9.48 Å². The van der Waals surface area contributed by atoms with Gasteiger partial charge in [0.1, 0.15) is 0 Å². The molecule has 0 aliphatic carbocycles. The Balaban J connectivity index is 1.47. The molecule has 1 aromatic heterocycles. The molecule has 3 aromatic rings. The Kier molecular flexibility index (Phi) is 5.92. The second kappa shape index (κ2) is 8.54. The van der Waals surface area contributed by atoms with Crippen LogP contribution in [-0.2, 0) is 6.42 Å². The Labute approximate surface area is 158 Å². The minimum absolute atomic E-state index is 0.255. The van der Waals surface area contributed by atoms with E-state index in [1.807, 2.05) is 54.1 Å². The summed E-state index contributed by atoms with van der Waals surface area (Å²) in [5.74, 6) is 0. The standard InChI is InChI=1S/C20H21ClN4O/c1-15-16(14-25(24-15)17-9-3-2-4-10-17)8-7-13-22-20(26)23-19-12-6-5-11-18(19)21/h2-6,9-12,14H,7-8,13H2,1H3,(H2,22,23,26). The van der Waals surface area contributed by atoms with Crippen molar-refractivity contribution in [1.82, 2.24) is 15.1 Å². The van der Waals surface area contributed by atoms with Gasteiger partial charge >= 0.3 is 6.03 Å². The number of aromatic nitrogens is 2. The second-order valence-electron chi connectivity index (χ2n) is 5.98. The summed E-state index contributed by atoms with van der Waals surface area (Å²) in [6.07, 6.45) is 3.73. The SMILES string of the molecule is Cc1nn(-c2ccccc2)cc1CCCNC(=O)Nc1ccccc1Cl. The van der Waals surface area contributed by atoms with E-state index in [-0.39, 0.29) is 6.03 Å². The first kappa shape index (κ1) is 18.0. The number of halogens is 1. The number of nitrogens with one attached hydrogen (secondary N) is 2. The van der Waals surface area contributed by atoms with Crippen LogP contribution in [0.1, 0.15) is 17.7 Å². The molecule has 0 unspecified atom stereocenters. The molecule has 0 spiro atoms. The van der Waals surface area contributed by atoms with Gasteiger partial charge in [-0.1, -0.05) is 41.9 Å². The molecule has 0 aliphatic heterocycles. The van der Waals surface area contributed by atoms with Crippen molar-refractivity contribution in [2.24, 2.45) is 0 Å². The van der Waals surface area contributed by atoms with Crippen LogP contribution in [0.4, 0.5) is 10.5 Å². The third kappa shape index (κ3) is 4.64. The summed E-state index contributed by atoms with van der Waals surface area (Å²) in [5, 5.41) is 10.7. The molecule has 0 aliphatic rings. The van der Waals surface area contributed by atoms with Gasteiger partial charge in [0.2, 0.25) is 0 Å². The summed E-state index contributed by atoms with van der Waals surface area (Å²) in [7, 11) is 0. The van der Waals surface area contributed by atoms with E-state index in [0.717, 1.165) is 24.2 Å². The number of urea groups is 1. The molecule has 0 atom stereocenters. The molecule has 6 heteroatoms. The first-order chi connectivity index (χ1) is 12.6. The molecule has 0 saturated carbocycles. The van der Waals surface area contributed by atoms with Crippen LogP contribution in [-0.4, -0.2) is 22.4 Å². The maximum absolute atomic E-state index is 11.9. The Morgan fingerprint density at radius 3 is 2.62 bits per heavy atom. The topological polar surface area (TPSA) is 59.0 Å². The summed E-state index contributed by atoms with van der Waals surface area (Å²) in [6, 6.07) is 16.9. The van der Waals surface area contributed by atoms with E-state index in [0.29, 0.717) is 17.3 Å². The lowest BCUT2D eigenvalue weighted by Crippen LogP contribution is -2.29. The van der Waals surface area contributed by atoms with Crippen molar-refractivity contribution in [3.63, 3.8) is 0 Å². The molecular formula is C20H21ClN4O. The third-order valence-corrected chi connectivity index (χ3v) is 4.38. The predicted octanol–water partition coefficient (Wildman–Crippen LogP) is 4.59. The zero-order chi connectivity index (χ0) is 18.4. The van der Waals surface area contributed by atoms with Crippen LogP contribution in [0, 0.1) is 6.92 Å². The average Bonchev–Trinajstić information content (AvgIpc) is 3.02. The molecule has 0 fully saturated rings. The first-order valence-electron chi connectivity index (χ1n) is 8.53. The van der Waals surface area contributed by atoms with Crippen LogP contribution in [0.25, 0.3) is 5.69 Å². The lowest BCUT2D eigenvalue weighted by Gasteiger charge is -2.08. The van der Waals surface area contributed by atoms with Gasteiger partial charge in [0.15, 0.2) is 0 Å². The molecule has 5 nitrogen and oxygen atoms in total. The van der Waals surface area contributed by atoms with Crippen molar-refractivity contribution >= 4 is 23.3 Å². The molecular weight excluding hydrogens is 348 g/mol. The van der Waals surface area contributed by atoms with Gasteiger partial charge in [-0.3, -0.25) is 0 Å². The van der Waals surface area contributed by atoms with E-state index in [9.17, 15) is 4.79 Å². The summed E-state index contributed by atoms with van der Waals surface area (Å²) in [5.41, 5.74) is 3.84. The minimum atomic E-state index is -0.255. The molecule has 2 amide bonds. The molecule has 26 heavy (non-hydrogen) atoms. The summed E-state index contributed by atoms with van der Waals surface area (Å²) >= 11 is 6.03. The number of carbonyl (C=O) groups excluding carboxylic acids is 1. The number of benzene rings is 2. The Morgan fingerprint density at radius 1 is 1.12 bits per heavy atom. The number of nitrogens with zero attached hydrogens (tertiary/aromatic N) is 2. The number of rotatable bonds is 6. The highest BCUT2D eigenvalue weighted by molar-refractivity contribution is 6.33. The van der Waals surface area contributed by atoms with Crippen LogP contribution >= 0.6 is 11.6 Å². The van der Waals surface area contributed by atoms with Crippen molar-refractivity contribution in [1.29, 1.82) is 0 Å². The minimum Gasteiger partial charge on any atom is -0.338 e. The zero-order valence-electron chi connectivity index (χ0n) is 14.6. The van der Waals surface area contributed by atoms with Crippen LogP contribution in [0.5, 0.6) is 0 Å². The summed E-state index contributed by atoms with van der Waals surface area (Å²) < 4.78 is 1.89. The first-order valence-corrected chi connectivity index (χ1v) is 8.91. The van der Waals surface area contributed by atoms with E-state index in [2.05, 4.69) is 21.9 Å². The van der Waals surface area contributed by atoms with Crippen LogP contribution < -0.4 is 10.6 Å². The highest BCUT2D eigenvalue weighted by atomic mass is 35.5. The Bertz CT molecular complexity index is 877. The average molecular weight is 369 g/mol. The van der Waals surface area contributed by atoms with Crippen molar-refractivity contribution < 1.29 is 4.79 Å². The van der Waals surface area contributed by atoms with Gasteiger partial charge in [0.05, 0.1) is 22.1 Å². The number of amides is 2. The number of hydrogen-bond donors (Lipinski definition) is 2. The smallest absolute Gasteiger partial charge is 0.319 e. The molecule has 1 heterocycles. The predicted molar refractivity (Wildman–Crippen MR) is 105 cm³/mol. The highest BCUT2D eigenvalue weighted by Crippen LogP contribution is 2.20.